The van der Waals surface area contributed by atoms with Crippen molar-refractivity contribution in [2.75, 3.05) is 31.9 Å². The van der Waals surface area contributed by atoms with Crippen LogP contribution in [-0.4, -0.2) is 53.7 Å². The largest absolute Gasteiger partial charge is 0.336 e. The van der Waals surface area contributed by atoms with Crippen LogP contribution in [0.2, 0.25) is 0 Å². The summed E-state index contributed by atoms with van der Waals surface area (Å²) in [5.41, 5.74) is 2.11. The molecule has 21 heavy (non-hydrogen) atoms. The Morgan fingerprint density at radius 1 is 1.14 bits per heavy atom. The lowest BCUT2D eigenvalue weighted by atomic mass is 10.1. The molecular formula is C17H26N2OS. The maximum Gasteiger partial charge on any atom is 0.253 e. The van der Waals surface area contributed by atoms with E-state index in [4.69, 9.17) is 0 Å². The van der Waals surface area contributed by atoms with Gasteiger partial charge in [0.25, 0.3) is 5.91 Å². The van der Waals surface area contributed by atoms with Gasteiger partial charge in [-0.05, 0) is 37.3 Å². The van der Waals surface area contributed by atoms with Crippen LogP contribution in [0.3, 0.4) is 0 Å². The molecule has 116 valence electrons. The Morgan fingerprint density at radius 3 is 2.29 bits per heavy atom. The predicted octanol–water partition coefficient (Wildman–Crippen LogP) is 3.11. The van der Waals surface area contributed by atoms with Gasteiger partial charge in [0, 0.05) is 43.5 Å². The average molecular weight is 306 g/mol. The van der Waals surface area contributed by atoms with Crippen LogP contribution in [0.25, 0.3) is 0 Å². The summed E-state index contributed by atoms with van der Waals surface area (Å²) < 4.78 is 0. The summed E-state index contributed by atoms with van der Waals surface area (Å²) in [7, 11) is 0. The number of piperazine rings is 1. The highest BCUT2D eigenvalue weighted by Crippen LogP contribution is 2.15. The average Bonchev–Trinajstić information content (AvgIpc) is 2.53. The summed E-state index contributed by atoms with van der Waals surface area (Å²) in [5.74, 6) is 2.33. The molecule has 0 aromatic heterocycles. The minimum atomic E-state index is 0.174. The molecule has 3 nitrogen and oxygen atoms in total. The lowest BCUT2D eigenvalue weighted by Gasteiger charge is -2.37. The van der Waals surface area contributed by atoms with Gasteiger partial charge in [-0.2, -0.15) is 11.8 Å². The summed E-state index contributed by atoms with van der Waals surface area (Å²) in [6.07, 6.45) is 0. The summed E-state index contributed by atoms with van der Waals surface area (Å²) >= 11 is 1.91. The van der Waals surface area contributed by atoms with Crippen LogP contribution < -0.4 is 0 Å². The number of carbonyl (C=O) groups excluding carboxylic acids is 1. The third-order valence-electron chi connectivity index (χ3n) is 4.01. The SMILES string of the molecule is CCSCc1ccc(C(=O)N2CCN(C(C)C)CC2)cc1. The fourth-order valence-corrected chi connectivity index (χ4v) is 3.22. The summed E-state index contributed by atoms with van der Waals surface area (Å²) in [6.45, 7) is 10.2. The van der Waals surface area contributed by atoms with E-state index in [1.807, 2.05) is 28.8 Å². The number of rotatable bonds is 5. The number of thioether (sulfide) groups is 1. The van der Waals surface area contributed by atoms with Crippen LogP contribution in [0.5, 0.6) is 0 Å². The van der Waals surface area contributed by atoms with Gasteiger partial charge in [-0.15, -0.1) is 0 Å². The second-order valence-electron chi connectivity index (χ2n) is 5.76. The van der Waals surface area contributed by atoms with Crippen molar-refractivity contribution in [3.63, 3.8) is 0 Å². The van der Waals surface area contributed by atoms with Crippen LogP contribution >= 0.6 is 11.8 Å². The zero-order chi connectivity index (χ0) is 15.2. The van der Waals surface area contributed by atoms with Crippen molar-refractivity contribution in [2.24, 2.45) is 0 Å². The number of amides is 1. The smallest absolute Gasteiger partial charge is 0.253 e. The summed E-state index contributed by atoms with van der Waals surface area (Å²) in [6, 6.07) is 8.68. The number of hydrogen-bond acceptors (Lipinski definition) is 3. The quantitative estimate of drug-likeness (QED) is 0.835. The first-order valence-electron chi connectivity index (χ1n) is 7.81. The zero-order valence-corrected chi connectivity index (χ0v) is 14.2. The van der Waals surface area contributed by atoms with E-state index >= 15 is 0 Å². The van der Waals surface area contributed by atoms with Crippen molar-refractivity contribution in [3.8, 4) is 0 Å². The molecule has 1 aliphatic heterocycles. The molecule has 0 bridgehead atoms. The van der Waals surface area contributed by atoms with Crippen molar-refractivity contribution in [3.05, 3.63) is 35.4 Å². The monoisotopic (exact) mass is 306 g/mol. The summed E-state index contributed by atoms with van der Waals surface area (Å²) in [5, 5.41) is 0. The van der Waals surface area contributed by atoms with E-state index in [9.17, 15) is 4.79 Å². The van der Waals surface area contributed by atoms with Crippen LogP contribution in [0, 0.1) is 0 Å². The van der Waals surface area contributed by atoms with Crippen LogP contribution in [0.1, 0.15) is 36.7 Å². The lowest BCUT2D eigenvalue weighted by Crippen LogP contribution is -2.50. The highest BCUT2D eigenvalue weighted by molar-refractivity contribution is 7.98. The van der Waals surface area contributed by atoms with Gasteiger partial charge in [0.05, 0.1) is 0 Å². The third kappa shape index (κ3) is 4.48. The van der Waals surface area contributed by atoms with Gasteiger partial charge >= 0.3 is 0 Å². The van der Waals surface area contributed by atoms with Gasteiger partial charge in [0.2, 0.25) is 0 Å². The van der Waals surface area contributed by atoms with E-state index in [1.165, 1.54) is 5.56 Å². The zero-order valence-electron chi connectivity index (χ0n) is 13.3. The Morgan fingerprint density at radius 2 is 1.76 bits per heavy atom. The van der Waals surface area contributed by atoms with E-state index in [2.05, 4.69) is 37.8 Å². The molecule has 0 spiro atoms. The van der Waals surface area contributed by atoms with Crippen molar-refractivity contribution < 1.29 is 4.79 Å². The van der Waals surface area contributed by atoms with Gasteiger partial charge in [-0.1, -0.05) is 19.1 Å². The first kappa shape index (κ1) is 16.4. The number of benzene rings is 1. The maximum atomic E-state index is 12.5. The molecule has 0 aliphatic carbocycles. The van der Waals surface area contributed by atoms with Crippen LogP contribution in [-0.2, 0) is 5.75 Å². The molecule has 0 unspecified atom stereocenters. The molecule has 0 N–H and O–H groups in total. The van der Waals surface area contributed by atoms with E-state index < -0.39 is 0 Å². The van der Waals surface area contributed by atoms with Crippen molar-refractivity contribution in [2.45, 2.75) is 32.6 Å². The predicted molar refractivity (Wildman–Crippen MR) is 90.9 cm³/mol. The highest BCUT2D eigenvalue weighted by atomic mass is 32.2. The van der Waals surface area contributed by atoms with E-state index in [1.54, 1.807) is 0 Å². The molecule has 1 aromatic carbocycles. The normalized spacial score (nSPS) is 16.5. The topological polar surface area (TPSA) is 23.6 Å². The molecule has 2 rings (SSSR count). The van der Waals surface area contributed by atoms with E-state index in [0.29, 0.717) is 6.04 Å². The van der Waals surface area contributed by atoms with Crippen LogP contribution in [0.4, 0.5) is 0 Å². The standard InChI is InChI=1S/C17H26N2OS/c1-4-21-13-15-5-7-16(8-6-15)17(20)19-11-9-18(10-12-19)14(2)3/h5-8,14H,4,9-13H2,1-3H3. The molecule has 1 saturated heterocycles. The molecule has 1 fully saturated rings. The number of carbonyl (C=O) groups is 1. The van der Waals surface area contributed by atoms with Gasteiger partial charge in [-0.3, -0.25) is 9.69 Å². The molecule has 0 atom stereocenters. The van der Waals surface area contributed by atoms with Gasteiger partial charge in [-0.25, -0.2) is 0 Å². The molecule has 0 saturated carbocycles. The highest BCUT2D eigenvalue weighted by Gasteiger charge is 2.23. The number of nitrogens with zero attached hydrogens (tertiary/aromatic N) is 2. The minimum absolute atomic E-state index is 0.174. The number of hydrogen-bond donors (Lipinski definition) is 0. The van der Waals surface area contributed by atoms with Crippen molar-refractivity contribution in [1.29, 1.82) is 0 Å². The third-order valence-corrected chi connectivity index (χ3v) is 4.95. The van der Waals surface area contributed by atoms with Crippen LogP contribution in [0.15, 0.2) is 24.3 Å². The van der Waals surface area contributed by atoms with Gasteiger partial charge < -0.3 is 4.90 Å². The molecule has 0 radical (unpaired) electrons. The molecule has 1 aliphatic rings. The van der Waals surface area contributed by atoms with E-state index in [0.717, 1.165) is 43.2 Å². The fourth-order valence-electron chi connectivity index (χ4n) is 2.59. The Balaban J connectivity index is 1.91. The van der Waals surface area contributed by atoms with Crippen molar-refractivity contribution in [1.82, 2.24) is 9.80 Å². The first-order chi connectivity index (χ1) is 10.1. The van der Waals surface area contributed by atoms with Gasteiger partial charge in [0.1, 0.15) is 0 Å². The maximum absolute atomic E-state index is 12.5. The second-order valence-corrected chi connectivity index (χ2v) is 7.03. The second kappa shape index (κ2) is 7.85. The van der Waals surface area contributed by atoms with E-state index in [-0.39, 0.29) is 5.91 Å². The molecule has 1 heterocycles. The molecule has 1 amide bonds. The summed E-state index contributed by atoms with van der Waals surface area (Å²) in [4.78, 5) is 16.9. The van der Waals surface area contributed by atoms with Gasteiger partial charge in [0.15, 0.2) is 0 Å². The molecular weight excluding hydrogens is 280 g/mol. The molecule has 4 heteroatoms. The Labute approximate surface area is 132 Å². The minimum Gasteiger partial charge on any atom is -0.336 e. The lowest BCUT2D eigenvalue weighted by molar-refractivity contribution is 0.0595. The Kier molecular flexibility index (Phi) is 6.12. The Bertz CT molecular complexity index is 450. The fraction of sp³-hybridized carbons (Fsp3) is 0.588. The van der Waals surface area contributed by atoms with Crippen molar-refractivity contribution >= 4 is 17.7 Å². The first-order valence-corrected chi connectivity index (χ1v) is 8.97. The Hall–Kier alpha value is -1.00. The molecule has 1 aromatic rings.